The normalized spacial score (nSPS) is 18.5. The van der Waals surface area contributed by atoms with Gasteiger partial charge in [0.2, 0.25) is 11.8 Å². The van der Waals surface area contributed by atoms with Gasteiger partial charge in [-0.25, -0.2) is 4.99 Å². The van der Waals surface area contributed by atoms with Crippen molar-refractivity contribution in [2.45, 2.75) is 44.4 Å². The second-order valence-corrected chi connectivity index (χ2v) is 8.31. The number of methoxy groups -OCH3 is 1. The minimum Gasteiger partial charge on any atom is -0.494 e. The fraction of sp³-hybridized carbons (Fsp3) is 0.348. The number of ether oxygens (including phenoxy) is 1. The Hall–Kier alpha value is -2.80. The second kappa shape index (κ2) is 10.3. The molecule has 7 heteroatoms. The van der Waals surface area contributed by atoms with Crippen LogP contribution in [0.3, 0.4) is 0 Å². The molecule has 0 saturated carbocycles. The van der Waals surface area contributed by atoms with Crippen LogP contribution in [0.25, 0.3) is 0 Å². The van der Waals surface area contributed by atoms with E-state index in [0.717, 1.165) is 18.5 Å². The van der Waals surface area contributed by atoms with Crippen LogP contribution < -0.4 is 10.1 Å². The van der Waals surface area contributed by atoms with E-state index in [-0.39, 0.29) is 24.3 Å². The van der Waals surface area contributed by atoms with Crippen LogP contribution in [0.15, 0.2) is 59.6 Å². The van der Waals surface area contributed by atoms with Gasteiger partial charge in [-0.15, -0.1) is 0 Å². The summed E-state index contributed by atoms with van der Waals surface area (Å²) in [5.74, 6) is 0.387. The molecule has 0 radical (unpaired) electrons. The summed E-state index contributed by atoms with van der Waals surface area (Å²) >= 11 is 1.34. The van der Waals surface area contributed by atoms with Crippen molar-refractivity contribution >= 4 is 40.1 Å². The molecule has 2 amide bonds. The van der Waals surface area contributed by atoms with Crippen molar-refractivity contribution in [1.82, 2.24) is 4.90 Å². The molecule has 1 aliphatic heterocycles. The third-order valence-corrected chi connectivity index (χ3v) is 6.00. The van der Waals surface area contributed by atoms with E-state index in [0.29, 0.717) is 16.6 Å². The predicted octanol–water partition coefficient (Wildman–Crippen LogP) is 4.84. The standard InChI is InChI=1S/C23H27N3O3S/c1-4-10-16(2)26-22(28)20(15-21(27)24-17-11-6-5-7-12-17)30-23(26)25-18-13-8-9-14-19(18)29-3/h5-9,11-14,16,20H,4,10,15H2,1-3H3,(H,24,27)/t16-,20+/m1/s1. The number of hydrogen-bond acceptors (Lipinski definition) is 5. The SMILES string of the molecule is CCC[C@@H](C)N1C(=O)[C@H](CC(=O)Nc2ccccc2)SC1=Nc1ccccc1OC. The first-order valence-corrected chi connectivity index (χ1v) is 11.0. The van der Waals surface area contributed by atoms with Crippen LogP contribution in [0.2, 0.25) is 0 Å². The van der Waals surface area contributed by atoms with Crippen LogP contribution in [0.4, 0.5) is 11.4 Å². The predicted molar refractivity (Wildman–Crippen MR) is 122 cm³/mol. The first-order valence-electron chi connectivity index (χ1n) is 10.1. The summed E-state index contributed by atoms with van der Waals surface area (Å²) in [6, 6.07) is 16.7. The molecular weight excluding hydrogens is 398 g/mol. The van der Waals surface area contributed by atoms with Crippen LogP contribution in [-0.2, 0) is 9.59 Å². The Kier molecular flexibility index (Phi) is 7.52. The fourth-order valence-corrected chi connectivity index (χ4v) is 4.61. The van der Waals surface area contributed by atoms with E-state index in [9.17, 15) is 9.59 Å². The number of amides is 2. The molecule has 0 aliphatic carbocycles. The van der Waals surface area contributed by atoms with Gasteiger partial charge in [0, 0.05) is 18.2 Å². The zero-order valence-electron chi connectivity index (χ0n) is 17.5. The van der Waals surface area contributed by atoms with E-state index in [1.165, 1.54) is 11.8 Å². The summed E-state index contributed by atoms with van der Waals surface area (Å²) in [6.45, 7) is 4.11. The first kappa shape index (κ1) is 21.9. The Bertz CT molecular complexity index is 917. The highest BCUT2D eigenvalue weighted by atomic mass is 32.2. The Labute approximate surface area is 181 Å². The number of carbonyl (C=O) groups is 2. The van der Waals surface area contributed by atoms with Crippen LogP contribution in [0.1, 0.15) is 33.1 Å². The average Bonchev–Trinajstić information content (AvgIpc) is 3.04. The van der Waals surface area contributed by atoms with E-state index < -0.39 is 5.25 Å². The fourth-order valence-electron chi connectivity index (χ4n) is 3.37. The molecule has 1 saturated heterocycles. The zero-order chi connectivity index (χ0) is 21.5. The van der Waals surface area contributed by atoms with E-state index in [4.69, 9.17) is 9.73 Å². The number of hydrogen-bond donors (Lipinski definition) is 1. The Morgan fingerprint density at radius 2 is 1.90 bits per heavy atom. The largest absolute Gasteiger partial charge is 0.494 e. The van der Waals surface area contributed by atoms with Crippen molar-refractivity contribution in [2.75, 3.05) is 12.4 Å². The van der Waals surface area contributed by atoms with Gasteiger partial charge in [0.1, 0.15) is 16.7 Å². The molecule has 1 N–H and O–H groups in total. The smallest absolute Gasteiger partial charge is 0.242 e. The van der Waals surface area contributed by atoms with Crippen molar-refractivity contribution in [1.29, 1.82) is 0 Å². The molecule has 0 spiro atoms. The average molecular weight is 426 g/mol. The van der Waals surface area contributed by atoms with E-state index in [2.05, 4.69) is 12.2 Å². The molecular formula is C23H27N3O3S. The molecule has 0 bridgehead atoms. The Morgan fingerprint density at radius 1 is 1.20 bits per heavy atom. The maximum atomic E-state index is 13.2. The lowest BCUT2D eigenvalue weighted by atomic mass is 10.1. The van der Waals surface area contributed by atoms with Crippen molar-refractivity contribution < 1.29 is 14.3 Å². The van der Waals surface area contributed by atoms with Gasteiger partial charge in [-0.2, -0.15) is 0 Å². The molecule has 3 rings (SSSR count). The third-order valence-electron chi connectivity index (χ3n) is 4.84. The topological polar surface area (TPSA) is 71.0 Å². The summed E-state index contributed by atoms with van der Waals surface area (Å²) < 4.78 is 5.40. The lowest BCUT2D eigenvalue weighted by Gasteiger charge is -2.24. The van der Waals surface area contributed by atoms with Crippen molar-refractivity contribution in [3.8, 4) is 5.75 Å². The number of nitrogens with one attached hydrogen (secondary N) is 1. The maximum Gasteiger partial charge on any atom is 0.242 e. The molecule has 1 fully saturated rings. The number of benzene rings is 2. The van der Waals surface area contributed by atoms with Crippen molar-refractivity contribution in [2.24, 2.45) is 4.99 Å². The molecule has 6 nitrogen and oxygen atoms in total. The summed E-state index contributed by atoms with van der Waals surface area (Å²) in [6.07, 6.45) is 1.91. The van der Waals surface area contributed by atoms with E-state index in [1.807, 2.05) is 61.5 Å². The number of amidine groups is 1. The number of para-hydroxylation sites is 3. The summed E-state index contributed by atoms with van der Waals surface area (Å²) in [5.41, 5.74) is 1.38. The number of rotatable bonds is 8. The van der Waals surface area contributed by atoms with Crippen LogP contribution >= 0.6 is 11.8 Å². The summed E-state index contributed by atoms with van der Waals surface area (Å²) in [7, 11) is 1.60. The Balaban J connectivity index is 1.82. The highest BCUT2D eigenvalue weighted by molar-refractivity contribution is 8.15. The lowest BCUT2D eigenvalue weighted by Crippen LogP contribution is -2.40. The van der Waals surface area contributed by atoms with Gasteiger partial charge in [0.25, 0.3) is 0 Å². The van der Waals surface area contributed by atoms with E-state index >= 15 is 0 Å². The minimum atomic E-state index is -0.499. The van der Waals surface area contributed by atoms with Crippen LogP contribution in [0, 0.1) is 0 Å². The van der Waals surface area contributed by atoms with Gasteiger partial charge in [0.05, 0.1) is 7.11 Å². The van der Waals surface area contributed by atoms with Crippen LogP contribution in [0.5, 0.6) is 5.75 Å². The lowest BCUT2D eigenvalue weighted by molar-refractivity contribution is -0.129. The van der Waals surface area contributed by atoms with Gasteiger partial charge in [0.15, 0.2) is 5.17 Å². The molecule has 2 aromatic carbocycles. The number of nitrogens with zero attached hydrogens (tertiary/aromatic N) is 2. The zero-order valence-corrected chi connectivity index (χ0v) is 18.3. The van der Waals surface area contributed by atoms with E-state index in [1.54, 1.807) is 12.0 Å². The molecule has 2 aromatic rings. The van der Waals surface area contributed by atoms with Crippen molar-refractivity contribution in [3.05, 3.63) is 54.6 Å². The molecule has 0 unspecified atom stereocenters. The summed E-state index contributed by atoms with van der Waals surface area (Å²) in [4.78, 5) is 32.2. The number of carbonyl (C=O) groups excluding carboxylic acids is 2. The minimum absolute atomic E-state index is 0.00522. The number of anilines is 1. The summed E-state index contributed by atoms with van der Waals surface area (Å²) in [5, 5.41) is 2.97. The highest BCUT2D eigenvalue weighted by Gasteiger charge is 2.41. The molecule has 158 valence electrons. The van der Waals surface area contributed by atoms with Gasteiger partial charge < -0.3 is 10.1 Å². The van der Waals surface area contributed by atoms with Crippen molar-refractivity contribution in [3.63, 3.8) is 0 Å². The molecule has 0 aromatic heterocycles. The molecule has 30 heavy (non-hydrogen) atoms. The monoisotopic (exact) mass is 425 g/mol. The first-order chi connectivity index (χ1) is 14.5. The van der Waals surface area contributed by atoms with Gasteiger partial charge >= 0.3 is 0 Å². The molecule has 1 aliphatic rings. The molecule has 2 atom stereocenters. The van der Waals surface area contributed by atoms with Gasteiger partial charge in [-0.1, -0.05) is 55.4 Å². The second-order valence-electron chi connectivity index (χ2n) is 7.14. The number of aliphatic imine (C=N–C) groups is 1. The third kappa shape index (κ3) is 5.21. The highest BCUT2D eigenvalue weighted by Crippen LogP contribution is 2.36. The quantitative estimate of drug-likeness (QED) is 0.657. The molecule has 1 heterocycles. The van der Waals surface area contributed by atoms with Gasteiger partial charge in [-0.05, 0) is 37.6 Å². The Morgan fingerprint density at radius 3 is 2.60 bits per heavy atom. The number of thioether (sulfide) groups is 1. The van der Waals surface area contributed by atoms with Gasteiger partial charge in [-0.3, -0.25) is 14.5 Å². The van der Waals surface area contributed by atoms with Crippen LogP contribution in [-0.4, -0.2) is 40.3 Å². The maximum absolute atomic E-state index is 13.2.